The molecule has 0 bridgehead atoms. The van der Waals surface area contributed by atoms with E-state index in [0.29, 0.717) is 58.2 Å². The van der Waals surface area contributed by atoms with Gasteiger partial charge in [-0.05, 0) is 67.1 Å². The highest BCUT2D eigenvalue weighted by molar-refractivity contribution is 8.14. The predicted molar refractivity (Wildman–Crippen MR) is 163 cm³/mol. The normalized spacial score (nSPS) is 16.5. The summed E-state index contributed by atoms with van der Waals surface area (Å²) in [5, 5.41) is 1.35. The molecule has 0 aromatic heterocycles. The lowest BCUT2D eigenvalue weighted by atomic mass is 10.1. The fraction of sp³-hybridized carbons (Fsp3) is 0.200. The molecule has 2 heterocycles. The Morgan fingerprint density at radius 2 is 1.62 bits per heavy atom. The number of thioether (sulfide) groups is 1. The summed E-state index contributed by atoms with van der Waals surface area (Å²) in [5.41, 5.74) is 3.24. The van der Waals surface area contributed by atoms with Gasteiger partial charge in [-0.15, -0.1) is 0 Å². The number of carbonyl (C=O) groups excluding carboxylic acids is 3. The van der Waals surface area contributed by atoms with Gasteiger partial charge >= 0.3 is 0 Å². The van der Waals surface area contributed by atoms with Crippen LogP contribution in [0.1, 0.15) is 22.8 Å². The first kappa shape index (κ1) is 28.0. The number of Topliss-reactive ketones (excluding diaryl/α,β-unsaturated/α-hetero) is 1. The average Bonchev–Trinajstić information content (AvgIpc) is 3.28. The van der Waals surface area contributed by atoms with Crippen molar-refractivity contribution in [3.8, 4) is 0 Å². The molecule has 0 aliphatic carbocycles. The monoisotopic (exact) mass is 592 g/mol. The zero-order valence-electron chi connectivity index (χ0n) is 21.7. The van der Waals surface area contributed by atoms with Crippen LogP contribution >= 0.6 is 35.0 Å². The standard InChI is InChI=1S/C30H26Cl2N4O3S/c1-20(37)21-8-11-24(12-9-21)34-13-15-35(16-14-34)28(38)19-40-30-33-27(17-22-7-10-23(31)18-26(22)32)29(39)36(30)25-5-3-2-4-6-25/h2-12,17-18H,13-16,19H2,1H3/b27-17+. The highest BCUT2D eigenvalue weighted by Gasteiger charge is 2.33. The minimum atomic E-state index is -0.295. The molecule has 1 saturated heterocycles. The van der Waals surface area contributed by atoms with Crippen LogP contribution in [0.25, 0.3) is 6.08 Å². The number of carbonyl (C=O) groups is 3. The van der Waals surface area contributed by atoms with E-state index in [9.17, 15) is 14.4 Å². The van der Waals surface area contributed by atoms with Gasteiger partial charge in [0, 0.05) is 47.5 Å². The fourth-order valence-corrected chi connectivity index (χ4v) is 5.88. The first-order valence-electron chi connectivity index (χ1n) is 12.7. The number of ketones is 1. The van der Waals surface area contributed by atoms with Crippen LogP contribution in [0.2, 0.25) is 10.0 Å². The number of para-hydroxylation sites is 1. The number of anilines is 2. The SMILES string of the molecule is CC(=O)c1ccc(N2CCN(C(=O)CSC3=N/C(=C/c4ccc(Cl)cc4Cl)C(=O)N3c3ccccc3)CC2)cc1. The van der Waals surface area contributed by atoms with Crippen LogP contribution < -0.4 is 9.80 Å². The molecule has 0 N–H and O–H groups in total. The number of rotatable bonds is 6. The van der Waals surface area contributed by atoms with Gasteiger partial charge in [0.15, 0.2) is 11.0 Å². The summed E-state index contributed by atoms with van der Waals surface area (Å²) in [6.45, 7) is 4.11. The summed E-state index contributed by atoms with van der Waals surface area (Å²) in [4.78, 5) is 48.3. The summed E-state index contributed by atoms with van der Waals surface area (Å²) >= 11 is 13.6. The quantitative estimate of drug-likeness (QED) is 0.258. The second-order valence-corrected chi connectivity index (χ2v) is 11.1. The van der Waals surface area contributed by atoms with Gasteiger partial charge in [-0.25, -0.2) is 4.99 Å². The highest BCUT2D eigenvalue weighted by Crippen LogP contribution is 2.31. The van der Waals surface area contributed by atoms with Gasteiger partial charge in [0.1, 0.15) is 5.70 Å². The van der Waals surface area contributed by atoms with Gasteiger partial charge < -0.3 is 9.80 Å². The van der Waals surface area contributed by atoms with E-state index in [1.54, 1.807) is 31.2 Å². The third kappa shape index (κ3) is 6.25. The third-order valence-corrected chi connectivity index (χ3v) is 8.18. The van der Waals surface area contributed by atoms with Crippen molar-refractivity contribution in [1.82, 2.24) is 4.90 Å². The van der Waals surface area contributed by atoms with Gasteiger partial charge in [-0.1, -0.05) is 59.2 Å². The third-order valence-electron chi connectivity index (χ3n) is 6.69. The first-order chi connectivity index (χ1) is 19.3. The van der Waals surface area contributed by atoms with Crippen LogP contribution in [0, 0.1) is 0 Å². The van der Waals surface area contributed by atoms with Crippen molar-refractivity contribution in [2.45, 2.75) is 6.92 Å². The van der Waals surface area contributed by atoms with E-state index >= 15 is 0 Å². The largest absolute Gasteiger partial charge is 0.368 e. The zero-order valence-corrected chi connectivity index (χ0v) is 24.0. The fourth-order valence-electron chi connectivity index (χ4n) is 4.50. The molecule has 0 radical (unpaired) electrons. The smallest absolute Gasteiger partial charge is 0.283 e. The number of amidine groups is 1. The Labute approximate surface area is 247 Å². The van der Waals surface area contributed by atoms with Crippen LogP contribution in [0.3, 0.4) is 0 Å². The zero-order chi connectivity index (χ0) is 28.2. The second kappa shape index (κ2) is 12.3. The number of aliphatic imine (C=N–C) groups is 1. The molecule has 3 aromatic carbocycles. The molecule has 7 nitrogen and oxygen atoms in total. The molecule has 2 amide bonds. The molecule has 1 fully saturated rings. The summed E-state index contributed by atoms with van der Waals surface area (Å²) in [6, 6.07) is 21.8. The van der Waals surface area contributed by atoms with E-state index in [-0.39, 0.29) is 29.0 Å². The van der Waals surface area contributed by atoms with E-state index in [4.69, 9.17) is 23.2 Å². The molecule has 204 valence electrons. The van der Waals surface area contributed by atoms with Gasteiger partial charge in [0.25, 0.3) is 5.91 Å². The van der Waals surface area contributed by atoms with Crippen molar-refractivity contribution >= 4 is 75.2 Å². The number of piperazine rings is 1. The van der Waals surface area contributed by atoms with E-state index < -0.39 is 0 Å². The Balaban J connectivity index is 1.26. The molecule has 2 aliphatic heterocycles. The van der Waals surface area contributed by atoms with Crippen molar-refractivity contribution < 1.29 is 14.4 Å². The molecule has 2 aliphatic rings. The molecule has 0 saturated carbocycles. The van der Waals surface area contributed by atoms with Crippen molar-refractivity contribution in [2.24, 2.45) is 4.99 Å². The van der Waals surface area contributed by atoms with Crippen LogP contribution in [-0.2, 0) is 9.59 Å². The maximum Gasteiger partial charge on any atom is 0.283 e. The molecule has 10 heteroatoms. The van der Waals surface area contributed by atoms with Crippen molar-refractivity contribution in [1.29, 1.82) is 0 Å². The average molecular weight is 594 g/mol. The summed E-state index contributed by atoms with van der Waals surface area (Å²) in [6.07, 6.45) is 1.63. The molecule has 3 aromatic rings. The highest BCUT2D eigenvalue weighted by atomic mass is 35.5. The van der Waals surface area contributed by atoms with E-state index in [1.807, 2.05) is 59.5 Å². The van der Waals surface area contributed by atoms with Crippen molar-refractivity contribution in [2.75, 3.05) is 41.7 Å². The lowest BCUT2D eigenvalue weighted by Gasteiger charge is -2.36. The molecule has 40 heavy (non-hydrogen) atoms. The number of hydrogen-bond donors (Lipinski definition) is 0. The lowest BCUT2D eigenvalue weighted by molar-refractivity contribution is -0.128. The van der Waals surface area contributed by atoms with Crippen LogP contribution in [0.15, 0.2) is 83.5 Å². The first-order valence-corrected chi connectivity index (χ1v) is 14.5. The van der Waals surface area contributed by atoms with Crippen molar-refractivity contribution in [3.63, 3.8) is 0 Å². The number of halogens is 2. The molecule has 0 spiro atoms. The van der Waals surface area contributed by atoms with Crippen molar-refractivity contribution in [3.05, 3.63) is 99.7 Å². The number of benzene rings is 3. The Bertz CT molecular complexity index is 1500. The lowest BCUT2D eigenvalue weighted by Crippen LogP contribution is -2.49. The van der Waals surface area contributed by atoms with Gasteiger partial charge in [0.2, 0.25) is 5.91 Å². The van der Waals surface area contributed by atoms with Crippen LogP contribution in [-0.4, -0.2) is 59.6 Å². The Morgan fingerprint density at radius 3 is 2.27 bits per heavy atom. The van der Waals surface area contributed by atoms with E-state index in [2.05, 4.69) is 9.89 Å². The number of nitrogens with zero attached hydrogens (tertiary/aromatic N) is 4. The maximum absolute atomic E-state index is 13.4. The molecule has 0 atom stereocenters. The maximum atomic E-state index is 13.4. The van der Waals surface area contributed by atoms with Gasteiger partial charge in [-0.3, -0.25) is 19.3 Å². The van der Waals surface area contributed by atoms with Crippen LogP contribution in [0.4, 0.5) is 11.4 Å². The van der Waals surface area contributed by atoms with Crippen LogP contribution in [0.5, 0.6) is 0 Å². The predicted octanol–water partition coefficient (Wildman–Crippen LogP) is 6.02. The molecular formula is C30H26Cl2N4O3S. The summed E-state index contributed by atoms with van der Waals surface area (Å²) in [7, 11) is 0. The van der Waals surface area contributed by atoms with E-state index in [1.165, 1.54) is 16.7 Å². The molecule has 0 unspecified atom stereocenters. The Hall–Kier alpha value is -3.59. The topological polar surface area (TPSA) is 73.3 Å². The van der Waals surface area contributed by atoms with E-state index in [0.717, 1.165) is 5.69 Å². The minimum Gasteiger partial charge on any atom is -0.368 e. The number of hydrogen-bond acceptors (Lipinski definition) is 6. The Kier molecular flexibility index (Phi) is 8.59. The molecule has 5 rings (SSSR count). The Morgan fingerprint density at radius 1 is 0.925 bits per heavy atom. The van der Waals surface area contributed by atoms with Gasteiger partial charge in [-0.2, -0.15) is 0 Å². The minimum absolute atomic E-state index is 0.0158. The van der Waals surface area contributed by atoms with Gasteiger partial charge in [0.05, 0.1) is 11.4 Å². The number of amides is 2. The second-order valence-electron chi connectivity index (χ2n) is 9.33. The molecular weight excluding hydrogens is 567 g/mol. The summed E-state index contributed by atoms with van der Waals surface area (Å²) in [5.74, 6) is -0.123. The summed E-state index contributed by atoms with van der Waals surface area (Å²) < 4.78 is 0.